The van der Waals surface area contributed by atoms with Gasteiger partial charge in [-0.05, 0) is 36.8 Å². The molecule has 0 bridgehead atoms. The second kappa shape index (κ2) is 10.6. The molecule has 1 saturated heterocycles. The van der Waals surface area contributed by atoms with E-state index in [4.69, 9.17) is 9.47 Å². The highest BCUT2D eigenvalue weighted by molar-refractivity contribution is 5.89. The molecule has 1 aliphatic rings. The number of carbonyl (C=O) groups is 1. The van der Waals surface area contributed by atoms with E-state index in [2.05, 4.69) is 15.2 Å². The molecule has 1 aliphatic heterocycles. The molecule has 1 aromatic carbocycles. The van der Waals surface area contributed by atoms with E-state index in [1.54, 1.807) is 12.4 Å². The molecule has 0 radical (unpaired) electrons. The van der Waals surface area contributed by atoms with Crippen molar-refractivity contribution in [1.82, 2.24) is 9.88 Å². The summed E-state index contributed by atoms with van der Waals surface area (Å²) in [7, 11) is 0. The monoisotopic (exact) mass is 384 g/mol. The Morgan fingerprint density at radius 2 is 1.82 bits per heavy atom. The summed E-state index contributed by atoms with van der Waals surface area (Å²) in [6, 6.07) is 11.7. The SMILES string of the molecule is CCOCCOCc1cccc(NC(=O)N2CCN(c3ccncc3)CC2)c1. The van der Waals surface area contributed by atoms with Crippen molar-refractivity contribution in [3.8, 4) is 0 Å². The number of ether oxygens (including phenoxy) is 2. The van der Waals surface area contributed by atoms with Gasteiger partial charge in [-0.1, -0.05) is 12.1 Å². The molecule has 0 spiro atoms. The van der Waals surface area contributed by atoms with Gasteiger partial charge in [-0.25, -0.2) is 4.79 Å². The van der Waals surface area contributed by atoms with E-state index in [1.165, 1.54) is 0 Å². The van der Waals surface area contributed by atoms with Crippen LogP contribution in [0.15, 0.2) is 48.8 Å². The summed E-state index contributed by atoms with van der Waals surface area (Å²) in [6.07, 6.45) is 3.59. The Bertz CT molecular complexity index is 733. The van der Waals surface area contributed by atoms with Gasteiger partial charge in [-0.2, -0.15) is 0 Å². The Morgan fingerprint density at radius 3 is 2.57 bits per heavy atom. The number of amides is 2. The summed E-state index contributed by atoms with van der Waals surface area (Å²) in [6.45, 7) is 7.32. The van der Waals surface area contributed by atoms with Crippen LogP contribution in [0.2, 0.25) is 0 Å². The van der Waals surface area contributed by atoms with E-state index in [9.17, 15) is 4.79 Å². The number of rotatable bonds is 8. The maximum absolute atomic E-state index is 12.6. The number of benzene rings is 1. The van der Waals surface area contributed by atoms with Gasteiger partial charge in [0.05, 0.1) is 19.8 Å². The molecule has 0 aliphatic carbocycles. The molecule has 2 aromatic rings. The molecule has 0 unspecified atom stereocenters. The highest BCUT2D eigenvalue weighted by Gasteiger charge is 2.21. The molecule has 0 atom stereocenters. The van der Waals surface area contributed by atoms with Crippen LogP contribution in [0.25, 0.3) is 0 Å². The van der Waals surface area contributed by atoms with Gasteiger partial charge in [0.15, 0.2) is 0 Å². The number of nitrogens with one attached hydrogen (secondary N) is 1. The number of urea groups is 1. The van der Waals surface area contributed by atoms with Crippen molar-refractivity contribution in [1.29, 1.82) is 0 Å². The van der Waals surface area contributed by atoms with E-state index >= 15 is 0 Å². The summed E-state index contributed by atoms with van der Waals surface area (Å²) < 4.78 is 10.9. The van der Waals surface area contributed by atoms with E-state index < -0.39 is 0 Å². The zero-order chi connectivity index (χ0) is 19.6. The second-order valence-electron chi connectivity index (χ2n) is 6.56. The predicted octanol–water partition coefficient (Wildman–Crippen LogP) is 2.99. The fourth-order valence-electron chi connectivity index (χ4n) is 3.12. The quantitative estimate of drug-likeness (QED) is 0.709. The van der Waals surface area contributed by atoms with Gasteiger partial charge in [-0.15, -0.1) is 0 Å². The summed E-state index contributed by atoms with van der Waals surface area (Å²) in [5.41, 5.74) is 2.95. The molecule has 150 valence electrons. The average Bonchev–Trinajstić information content (AvgIpc) is 2.75. The first-order valence-electron chi connectivity index (χ1n) is 9.71. The summed E-state index contributed by atoms with van der Waals surface area (Å²) in [5.74, 6) is 0. The maximum Gasteiger partial charge on any atom is 0.321 e. The van der Waals surface area contributed by atoms with Crippen molar-refractivity contribution in [2.24, 2.45) is 0 Å². The van der Waals surface area contributed by atoms with E-state index in [1.807, 2.05) is 48.2 Å². The van der Waals surface area contributed by atoms with Crippen molar-refractivity contribution >= 4 is 17.4 Å². The zero-order valence-corrected chi connectivity index (χ0v) is 16.3. The van der Waals surface area contributed by atoms with Crippen molar-refractivity contribution < 1.29 is 14.3 Å². The first kappa shape index (κ1) is 20.1. The van der Waals surface area contributed by atoms with Crippen molar-refractivity contribution in [2.45, 2.75) is 13.5 Å². The standard InChI is InChI=1S/C21H28N4O3/c1-2-27-14-15-28-17-18-4-3-5-19(16-18)23-21(26)25-12-10-24(11-13-25)20-6-8-22-9-7-20/h3-9,16H,2,10-15,17H2,1H3,(H,23,26). The van der Waals surface area contributed by atoms with Crippen molar-refractivity contribution in [3.05, 3.63) is 54.4 Å². The number of carbonyl (C=O) groups excluding carboxylic acids is 1. The molecule has 1 fully saturated rings. The smallest absolute Gasteiger partial charge is 0.321 e. The summed E-state index contributed by atoms with van der Waals surface area (Å²) in [4.78, 5) is 20.8. The Morgan fingerprint density at radius 1 is 1.07 bits per heavy atom. The van der Waals surface area contributed by atoms with Crippen LogP contribution in [-0.4, -0.2) is 61.9 Å². The average molecular weight is 384 g/mol. The Hall–Kier alpha value is -2.64. The van der Waals surface area contributed by atoms with Crippen molar-refractivity contribution in [2.75, 3.05) is 56.2 Å². The van der Waals surface area contributed by atoms with Crippen LogP contribution in [0.3, 0.4) is 0 Å². The minimum absolute atomic E-state index is 0.0659. The van der Waals surface area contributed by atoms with Gasteiger partial charge < -0.3 is 24.6 Å². The maximum atomic E-state index is 12.6. The Kier molecular flexibility index (Phi) is 7.63. The fraction of sp³-hybridized carbons (Fsp3) is 0.429. The van der Waals surface area contributed by atoms with E-state index in [0.29, 0.717) is 39.5 Å². The molecular weight excluding hydrogens is 356 g/mol. The van der Waals surface area contributed by atoms with Crippen LogP contribution in [0.4, 0.5) is 16.2 Å². The minimum Gasteiger partial charge on any atom is -0.379 e. The number of hydrogen-bond donors (Lipinski definition) is 1. The third-order valence-electron chi connectivity index (χ3n) is 4.62. The lowest BCUT2D eigenvalue weighted by atomic mass is 10.2. The van der Waals surface area contributed by atoms with Gasteiger partial charge >= 0.3 is 6.03 Å². The van der Waals surface area contributed by atoms with E-state index in [-0.39, 0.29) is 6.03 Å². The van der Waals surface area contributed by atoms with Crippen LogP contribution in [0.1, 0.15) is 12.5 Å². The topological polar surface area (TPSA) is 66.9 Å². The molecule has 1 N–H and O–H groups in total. The predicted molar refractivity (Wildman–Crippen MR) is 110 cm³/mol. The van der Waals surface area contributed by atoms with Gasteiger partial charge in [0.2, 0.25) is 0 Å². The lowest BCUT2D eigenvalue weighted by Crippen LogP contribution is -2.50. The minimum atomic E-state index is -0.0659. The Labute approximate surface area is 166 Å². The van der Waals surface area contributed by atoms with Crippen LogP contribution in [-0.2, 0) is 16.1 Å². The highest BCUT2D eigenvalue weighted by Crippen LogP contribution is 2.16. The number of hydrogen-bond acceptors (Lipinski definition) is 5. The lowest BCUT2D eigenvalue weighted by Gasteiger charge is -2.36. The lowest BCUT2D eigenvalue weighted by molar-refractivity contribution is 0.0453. The van der Waals surface area contributed by atoms with Crippen LogP contribution in [0.5, 0.6) is 0 Å². The van der Waals surface area contributed by atoms with E-state index in [0.717, 1.165) is 30.0 Å². The molecule has 2 heterocycles. The van der Waals surface area contributed by atoms with Crippen LogP contribution >= 0.6 is 0 Å². The summed E-state index contributed by atoms with van der Waals surface area (Å²) >= 11 is 0. The van der Waals surface area contributed by atoms with Crippen LogP contribution in [0, 0.1) is 0 Å². The molecular formula is C21H28N4O3. The highest BCUT2D eigenvalue weighted by atomic mass is 16.5. The molecule has 2 amide bonds. The molecule has 7 heteroatoms. The van der Waals surface area contributed by atoms with Crippen LogP contribution < -0.4 is 10.2 Å². The number of piperazine rings is 1. The summed E-state index contributed by atoms with van der Waals surface area (Å²) in [5, 5.41) is 3.00. The normalized spacial score (nSPS) is 14.2. The third-order valence-corrected chi connectivity index (χ3v) is 4.62. The second-order valence-corrected chi connectivity index (χ2v) is 6.56. The first-order valence-corrected chi connectivity index (χ1v) is 9.71. The molecule has 7 nitrogen and oxygen atoms in total. The fourth-order valence-corrected chi connectivity index (χ4v) is 3.12. The van der Waals surface area contributed by atoms with Crippen molar-refractivity contribution in [3.63, 3.8) is 0 Å². The molecule has 28 heavy (non-hydrogen) atoms. The molecule has 1 aromatic heterocycles. The number of anilines is 2. The number of aromatic nitrogens is 1. The number of nitrogens with zero attached hydrogens (tertiary/aromatic N) is 3. The zero-order valence-electron chi connectivity index (χ0n) is 16.3. The Balaban J connectivity index is 1.45. The van der Waals surface area contributed by atoms with Gasteiger partial charge in [0.25, 0.3) is 0 Å². The molecule has 0 saturated carbocycles. The van der Waals surface area contributed by atoms with Gasteiger partial charge in [-0.3, -0.25) is 4.98 Å². The first-order chi connectivity index (χ1) is 13.8. The molecule has 3 rings (SSSR count). The van der Waals surface area contributed by atoms with Gasteiger partial charge in [0.1, 0.15) is 0 Å². The van der Waals surface area contributed by atoms with Gasteiger partial charge in [0, 0.05) is 56.6 Å². The third kappa shape index (κ3) is 5.94. The largest absolute Gasteiger partial charge is 0.379 e. The number of pyridine rings is 1.